The lowest BCUT2D eigenvalue weighted by Gasteiger charge is -2.35. The molecule has 156 valence electrons. The number of benzene rings is 1. The van der Waals surface area contributed by atoms with Gasteiger partial charge >= 0.3 is 0 Å². The van der Waals surface area contributed by atoms with Gasteiger partial charge in [-0.05, 0) is 50.3 Å². The summed E-state index contributed by atoms with van der Waals surface area (Å²) >= 11 is 0. The minimum absolute atomic E-state index is 0.0617. The Labute approximate surface area is 173 Å². The molecule has 0 saturated heterocycles. The lowest BCUT2D eigenvalue weighted by Crippen LogP contribution is -2.35. The number of carbonyl (C=O) groups is 2. The highest BCUT2D eigenvalue weighted by atomic mass is 19.1. The summed E-state index contributed by atoms with van der Waals surface area (Å²) in [5.74, 6) is 4.15. The molecule has 0 unspecified atom stereocenters. The third-order valence-corrected chi connectivity index (χ3v) is 6.11. The van der Waals surface area contributed by atoms with Crippen molar-refractivity contribution in [3.05, 3.63) is 40.5 Å². The fraction of sp³-hybridized carbons (Fsp3) is 0.409. The lowest BCUT2D eigenvalue weighted by atomic mass is 9.75. The Bertz CT molecular complexity index is 1120. The van der Waals surface area contributed by atoms with Crippen LogP contribution in [0.5, 0.6) is 0 Å². The van der Waals surface area contributed by atoms with Crippen LogP contribution in [0.15, 0.2) is 12.1 Å². The van der Waals surface area contributed by atoms with Crippen LogP contribution in [0.1, 0.15) is 59.0 Å². The van der Waals surface area contributed by atoms with Gasteiger partial charge in [-0.1, -0.05) is 11.8 Å². The van der Waals surface area contributed by atoms with Crippen molar-refractivity contribution in [1.82, 2.24) is 14.5 Å². The van der Waals surface area contributed by atoms with Crippen LogP contribution in [0.2, 0.25) is 0 Å². The molecular formula is C22H23FN4O3. The number of aliphatic hydroxyl groups is 1. The van der Waals surface area contributed by atoms with Crippen molar-refractivity contribution >= 4 is 11.8 Å². The minimum atomic E-state index is -1.54. The van der Waals surface area contributed by atoms with Gasteiger partial charge in [0, 0.05) is 30.9 Å². The molecule has 5 rings (SSSR count). The van der Waals surface area contributed by atoms with E-state index in [4.69, 9.17) is 5.73 Å². The number of primary amides is 1. The number of imidazole rings is 1. The molecule has 1 aromatic heterocycles. The second kappa shape index (κ2) is 7.26. The zero-order chi connectivity index (χ0) is 21.7. The number of hydrogen-bond donors (Lipinski definition) is 2. The summed E-state index contributed by atoms with van der Waals surface area (Å²) in [5.41, 5.74) is 7.99. The molecule has 2 amide bonds. The van der Waals surface area contributed by atoms with Crippen LogP contribution in [0.4, 0.5) is 4.39 Å². The van der Waals surface area contributed by atoms with E-state index in [1.807, 2.05) is 11.5 Å². The highest BCUT2D eigenvalue weighted by Crippen LogP contribution is 2.53. The molecule has 0 radical (unpaired) electrons. The first-order valence-electron chi connectivity index (χ1n) is 9.89. The average Bonchev–Trinajstić information content (AvgIpc) is 2.88. The van der Waals surface area contributed by atoms with Crippen molar-refractivity contribution in [2.24, 2.45) is 5.73 Å². The van der Waals surface area contributed by atoms with Crippen LogP contribution in [0.3, 0.4) is 0 Å². The van der Waals surface area contributed by atoms with Crippen LogP contribution in [0.25, 0.3) is 11.4 Å². The van der Waals surface area contributed by atoms with E-state index in [-0.39, 0.29) is 23.2 Å². The topological polar surface area (TPSA) is 101 Å². The maximum Gasteiger partial charge on any atom is 0.269 e. The predicted molar refractivity (Wildman–Crippen MR) is 108 cm³/mol. The highest BCUT2D eigenvalue weighted by molar-refractivity contribution is 5.93. The number of likely N-dealkylation sites (N-methyl/N-ethyl adjacent to an activating group) is 1. The molecule has 30 heavy (non-hydrogen) atoms. The van der Waals surface area contributed by atoms with E-state index in [1.165, 1.54) is 11.0 Å². The number of aromatic nitrogens is 2. The van der Waals surface area contributed by atoms with Gasteiger partial charge < -0.3 is 20.3 Å². The Kier molecular flexibility index (Phi) is 4.86. The number of amides is 2. The molecular weight excluding hydrogens is 387 g/mol. The number of carbonyl (C=O) groups excluding carboxylic acids is 2. The molecule has 3 aliphatic rings. The van der Waals surface area contributed by atoms with Crippen molar-refractivity contribution in [2.75, 3.05) is 13.6 Å². The number of hydrogen-bond acceptors (Lipinski definition) is 4. The summed E-state index contributed by atoms with van der Waals surface area (Å²) in [5, 5.41) is 10.0. The van der Waals surface area contributed by atoms with Crippen LogP contribution >= 0.6 is 0 Å². The van der Waals surface area contributed by atoms with E-state index in [9.17, 15) is 19.1 Å². The summed E-state index contributed by atoms with van der Waals surface area (Å²) in [7, 11) is 1.56. The predicted octanol–water partition coefficient (Wildman–Crippen LogP) is 1.72. The van der Waals surface area contributed by atoms with E-state index in [2.05, 4.69) is 16.8 Å². The van der Waals surface area contributed by atoms with Gasteiger partial charge in [0.25, 0.3) is 11.8 Å². The quantitative estimate of drug-likeness (QED) is 0.753. The molecule has 3 N–H and O–H groups in total. The molecule has 1 atom stereocenters. The fourth-order valence-electron chi connectivity index (χ4n) is 4.22. The number of nitrogens with zero attached hydrogens (tertiary/aromatic N) is 3. The second-order valence-electron chi connectivity index (χ2n) is 7.87. The summed E-state index contributed by atoms with van der Waals surface area (Å²) in [6.45, 7) is 4.02. The maximum atomic E-state index is 14.8. The summed E-state index contributed by atoms with van der Waals surface area (Å²) in [4.78, 5) is 29.6. The Balaban J connectivity index is 1.80. The number of halogens is 1. The third kappa shape index (κ3) is 3.06. The molecule has 2 bridgehead atoms. The van der Waals surface area contributed by atoms with Crippen molar-refractivity contribution in [3.63, 3.8) is 0 Å². The van der Waals surface area contributed by atoms with Gasteiger partial charge in [0.2, 0.25) is 0 Å². The Morgan fingerprint density at radius 3 is 2.77 bits per heavy atom. The monoisotopic (exact) mass is 410 g/mol. The van der Waals surface area contributed by atoms with Crippen LogP contribution in [0, 0.1) is 24.6 Å². The highest BCUT2D eigenvalue weighted by Gasteiger charge is 2.40. The van der Waals surface area contributed by atoms with Crippen molar-refractivity contribution in [1.29, 1.82) is 0 Å². The van der Waals surface area contributed by atoms with Crippen LogP contribution < -0.4 is 5.73 Å². The van der Waals surface area contributed by atoms with E-state index < -0.39 is 23.7 Å². The zero-order valence-corrected chi connectivity index (χ0v) is 17.1. The maximum absolute atomic E-state index is 14.8. The van der Waals surface area contributed by atoms with Gasteiger partial charge in [-0.3, -0.25) is 9.59 Å². The lowest BCUT2D eigenvalue weighted by molar-refractivity contribution is -0.135. The molecule has 1 aromatic carbocycles. The summed E-state index contributed by atoms with van der Waals surface area (Å²) < 4.78 is 16.8. The Morgan fingerprint density at radius 1 is 1.43 bits per heavy atom. The SMILES string of the molecule is CCN(C)C(=O)[C@@H](O)C#Cc1cc2c(cc1F)C1CC(C1)n1c-2nc(C(N)=O)c1C. The van der Waals surface area contributed by atoms with E-state index in [0.29, 0.717) is 23.6 Å². The molecule has 1 fully saturated rings. The molecule has 1 aliphatic carbocycles. The first-order chi connectivity index (χ1) is 14.2. The smallest absolute Gasteiger partial charge is 0.269 e. The van der Waals surface area contributed by atoms with Crippen molar-refractivity contribution in [2.45, 2.75) is 44.8 Å². The molecule has 0 spiro atoms. The molecule has 1 saturated carbocycles. The second-order valence-corrected chi connectivity index (χ2v) is 7.87. The summed E-state index contributed by atoms with van der Waals surface area (Å²) in [6, 6.07) is 3.23. The molecule has 2 aliphatic heterocycles. The van der Waals surface area contributed by atoms with Gasteiger partial charge in [0.05, 0.1) is 5.56 Å². The molecule has 3 heterocycles. The van der Waals surface area contributed by atoms with Gasteiger partial charge in [-0.2, -0.15) is 0 Å². The fourth-order valence-corrected chi connectivity index (χ4v) is 4.22. The Hall–Kier alpha value is -3.18. The number of aliphatic hydroxyl groups excluding tert-OH is 1. The van der Waals surface area contributed by atoms with Gasteiger partial charge in [-0.15, -0.1) is 0 Å². The van der Waals surface area contributed by atoms with Crippen molar-refractivity contribution in [3.8, 4) is 23.2 Å². The largest absolute Gasteiger partial charge is 0.372 e. The van der Waals surface area contributed by atoms with Crippen LogP contribution in [-0.2, 0) is 4.79 Å². The van der Waals surface area contributed by atoms with Crippen LogP contribution in [-0.4, -0.2) is 51.1 Å². The molecule has 2 aromatic rings. The van der Waals surface area contributed by atoms with Gasteiger partial charge in [0.1, 0.15) is 17.3 Å². The molecule has 8 heteroatoms. The Morgan fingerprint density at radius 2 is 2.13 bits per heavy atom. The van der Waals surface area contributed by atoms with Crippen molar-refractivity contribution < 1.29 is 19.1 Å². The third-order valence-electron chi connectivity index (χ3n) is 6.11. The molecule has 7 nitrogen and oxygen atoms in total. The first-order valence-corrected chi connectivity index (χ1v) is 9.89. The van der Waals surface area contributed by atoms with E-state index in [0.717, 1.165) is 18.4 Å². The van der Waals surface area contributed by atoms with E-state index >= 15 is 0 Å². The van der Waals surface area contributed by atoms with Gasteiger partial charge in [-0.25, -0.2) is 9.37 Å². The van der Waals surface area contributed by atoms with E-state index in [1.54, 1.807) is 20.0 Å². The average molecular weight is 410 g/mol. The number of rotatable bonds is 3. The van der Waals surface area contributed by atoms with Gasteiger partial charge in [0.15, 0.2) is 6.10 Å². The number of nitrogens with two attached hydrogens (primary N) is 1. The zero-order valence-electron chi connectivity index (χ0n) is 17.1. The standard InChI is InChI=1S/C22H23FN4O3/c1-4-26(3)22(30)18(28)6-5-12-9-16-15(10-17(12)23)13-7-14(8-13)27-11(2)19(20(24)29)25-21(16)27/h9-10,13-14,18,28H,4,7-8H2,1-3H3,(H2,24,29)/t13?,14?,18-/m0/s1. The summed E-state index contributed by atoms with van der Waals surface area (Å²) in [6.07, 6.45) is 0.152. The first kappa shape index (κ1) is 20.1. The minimum Gasteiger partial charge on any atom is -0.372 e. The normalized spacial score (nSPS) is 19.4.